The third kappa shape index (κ3) is 9.53. The molecule has 1 N–H and O–H groups in total. The quantitative estimate of drug-likeness (QED) is 0.0797. The summed E-state index contributed by atoms with van der Waals surface area (Å²) in [5.74, 6) is 0.894. The fraction of sp³-hybridized carbons (Fsp3) is 0.410. The van der Waals surface area contributed by atoms with Gasteiger partial charge in [-0.05, 0) is 88.3 Å². The number of H-pyrrole nitrogens is 1. The Morgan fingerprint density at radius 2 is 1.43 bits per heavy atom. The molecule has 4 aromatic rings. The van der Waals surface area contributed by atoms with Crippen molar-refractivity contribution < 1.29 is 37.0 Å². The largest absolute Gasteiger partial charge is 0.497 e. The average Bonchev–Trinajstić information content (AvgIpc) is 3.51. The van der Waals surface area contributed by atoms with Gasteiger partial charge >= 0.3 is 20.3 Å². The van der Waals surface area contributed by atoms with Gasteiger partial charge in [-0.2, -0.15) is 0 Å². The Morgan fingerprint density at radius 3 is 1.94 bits per heavy atom. The van der Waals surface area contributed by atoms with E-state index in [1.807, 2.05) is 98.5 Å². The second kappa shape index (κ2) is 16.5. The lowest BCUT2D eigenvalue weighted by Crippen LogP contribution is -2.38. The highest BCUT2D eigenvalue weighted by atomic mass is 31.2. The number of nitrogens with one attached hydrogen (secondary N) is 1. The highest BCUT2D eigenvalue weighted by Gasteiger charge is 2.45. The Labute approximate surface area is 312 Å². The summed E-state index contributed by atoms with van der Waals surface area (Å²) in [7, 11) is -1.25. The van der Waals surface area contributed by atoms with Gasteiger partial charge in [-0.1, -0.05) is 54.6 Å². The lowest BCUT2D eigenvalue weighted by molar-refractivity contribution is -0.144. The molecule has 5 rings (SSSR count). The number of ether oxygens (including phenoxy) is 4. The van der Waals surface area contributed by atoms with Crippen molar-refractivity contribution in [3.8, 4) is 11.5 Å². The predicted octanol–water partition coefficient (Wildman–Crippen LogP) is 7.21. The molecule has 1 fully saturated rings. The Bertz CT molecular complexity index is 1910. The topological polar surface area (TPSA) is 137 Å². The zero-order valence-corrected chi connectivity index (χ0v) is 33.6. The molecule has 12 nitrogen and oxygen atoms in total. The number of nitrogens with zero attached hydrogens (tertiary/aromatic N) is 1. The number of hydrogen-bond acceptors (Lipinski definition) is 10. The lowest BCUT2D eigenvalue weighted by Gasteiger charge is -2.37. The molecule has 0 spiro atoms. The molecule has 0 amide bonds. The number of carbonyl (C=O) groups excluding carboxylic acids is 1. The maximum absolute atomic E-state index is 13.1. The number of benzene rings is 3. The summed E-state index contributed by atoms with van der Waals surface area (Å²) in [6.07, 6.45) is -0.747. The van der Waals surface area contributed by atoms with Crippen LogP contribution in [0.15, 0.2) is 94.6 Å². The molecule has 1 aliphatic rings. The molecular weight excluding hydrogens is 715 g/mol. The first-order valence-corrected chi connectivity index (χ1v) is 21.9. The monoisotopic (exact) mass is 764 g/mol. The molecule has 1 aromatic heterocycles. The van der Waals surface area contributed by atoms with Gasteiger partial charge in [0.05, 0.1) is 26.2 Å². The standard InChI is InChI=1S/C39H49N2O10PSi/c1-26-24-41(37(44)40-35(26)42)34-23-32(49-52(51-53(7,8)9)50-36(43)38(2,3)4)33(48-34)25-47-39(27-13-11-10-12-14-27,28-15-19-30(45-5)20-16-28)29-17-21-31(46-6)22-18-29/h10-22,24,32-34H,23,25H2,1-9H3,(H,40,42,44)/t32-,33+,34+,52?/m0/s1. The molecule has 1 aliphatic heterocycles. The van der Waals surface area contributed by atoms with Gasteiger partial charge in [0.2, 0.25) is 0 Å². The van der Waals surface area contributed by atoms with Gasteiger partial charge < -0.3 is 27.7 Å². The summed E-state index contributed by atoms with van der Waals surface area (Å²) in [4.78, 5) is 40.8. The zero-order chi connectivity index (χ0) is 38.6. The third-order valence-corrected chi connectivity index (χ3v) is 12.2. The number of aromatic nitrogens is 2. The molecular formula is C39H49N2O10PSi. The summed E-state index contributed by atoms with van der Waals surface area (Å²) >= 11 is 0. The van der Waals surface area contributed by atoms with Crippen LogP contribution in [0.1, 0.15) is 55.7 Å². The molecule has 4 atom stereocenters. The van der Waals surface area contributed by atoms with Gasteiger partial charge in [0.25, 0.3) is 5.56 Å². The predicted molar refractivity (Wildman–Crippen MR) is 205 cm³/mol. The Balaban J connectivity index is 1.60. The van der Waals surface area contributed by atoms with E-state index in [0.717, 1.165) is 16.7 Å². The number of carbonyl (C=O) groups is 1. The van der Waals surface area contributed by atoms with Gasteiger partial charge in [0.15, 0.2) is 8.32 Å². The first kappa shape index (κ1) is 40.1. The zero-order valence-electron chi connectivity index (χ0n) is 31.7. The van der Waals surface area contributed by atoms with Crippen LogP contribution < -0.4 is 20.7 Å². The molecule has 53 heavy (non-hydrogen) atoms. The highest BCUT2D eigenvalue weighted by Crippen LogP contribution is 2.50. The molecule has 3 aromatic carbocycles. The minimum Gasteiger partial charge on any atom is -0.497 e. The number of aromatic amines is 1. The molecule has 1 unspecified atom stereocenters. The van der Waals surface area contributed by atoms with E-state index in [4.69, 9.17) is 32.2 Å². The molecule has 1 saturated heterocycles. The van der Waals surface area contributed by atoms with Crippen molar-refractivity contribution in [3.05, 3.63) is 128 Å². The van der Waals surface area contributed by atoms with Crippen LogP contribution in [0.2, 0.25) is 19.6 Å². The van der Waals surface area contributed by atoms with Crippen molar-refractivity contribution >= 4 is 22.9 Å². The fourth-order valence-electron chi connectivity index (χ4n) is 5.81. The third-order valence-electron chi connectivity index (χ3n) is 8.61. The van der Waals surface area contributed by atoms with E-state index in [1.165, 1.54) is 10.8 Å². The molecule has 0 radical (unpaired) electrons. The number of hydrogen-bond donors (Lipinski definition) is 1. The van der Waals surface area contributed by atoms with Gasteiger partial charge in [0.1, 0.15) is 35.5 Å². The molecule has 0 bridgehead atoms. The minimum atomic E-state index is -2.30. The van der Waals surface area contributed by atoms with Crippen molar-refractivity contribution in [1.82, 2.24) is 9.55 Å². The van der Waals surface area contributed by atoms with Gasteiger partial charge in [-0.3, -0.25) is 23.7 Å². The normalized spacial score (nSPS) is 18.4. The van der Waals surface area contributed by atoms with Crippen molar-refractivity contribution in [3.63, 3.8) is 0 Å². The molecule has 0 saturated carbocycles. The van der Waals surface area contributed by atoms with E-state index in [1.54, 1.807) is 41.9 Å². The Morgan fingerprint density at radius 1 is 0.887 bits per heavy atom. The summed E-state index contributed by atoms with van der Waals surface area (Å²) in [5, 5.41) is 0. The summed E-state index contributed by atoms with van der Waals surface area (Å²) in [6, 6.07) is 25.2. The molecule has 0 aliphatic carbocycles. The fourth-order valence-corrected chi connectivity index (χ4v) is 8.82. The van der Waals surface area contributed by atoms with E-state index in [0.29, 0.717) is 17.1 Å². The summed E-state index contributed by atoms with van der Waals surface area (Å²) in [6.45, 7) is 12.8. The van der Waals surface area contributed by atoms with Crippen molar-refractivity contribution in [1.29, 1.82) is 0 Å². The maximum atomic E-state index is 13.1. The van der Waals surface area contributed by atoms with Crippen LogP contribution in [0, 0.1) is 12.3 Å². The molecule has 2 heterocycles. The first-order chi connectivity index (χ1) is 25.0. The molecule has 14 heteroatoms. The second-order valence-corrected chi connectivity index (χ2v) is 20.7. The molecule has 284 valence electrons. The van der Waals surface area contributed by atoms with Crippen LogP contribution in [-0.2, 0) is 33.1 Å². The van der Waals surface area contributed by atoms with Crippen LogP contribution in [-0.4, -0.2) is 56.9 Å². The van der Waals surface area contributed by atoms with Gasteiger partial charge in [-0.15, -0.1) is 0 Å². The highest BCUT2D eigenvalue weighted by molar-refractivity contribution is 7.44. The first-order valence-electron chi connectivity index (χ1n) is 17.4. The van der Waals surface area contributed by atoms with Crippen LogP contribution in [0.25, 0.3) is 0 Å². The van der Waals surface area contributed by atoms with E-state index in [9.17, 15) is 14.4 Å². The second-order valence-electron chi connectivity index (χ2n) is 14.9. The smallest absolute Gasteiger partial charge is 0.388 e. The minimum absolute atomic E-state index is 0.0332. The van der Waals surface area contributed by atoms with E-state index in [2.05, 4.69) is 4.98 Å². The van der Waals surface area contributed by atoms with E-state index >= 15 is 0 Å². The number of rotatable bonds is 14. The SMILES string of the molecule is COc1ccc(C(OC[C@H]2O[C@@H](n3cc(C)c(=O)[nH]c3=O)C[C@@H]2OP(OC(=O)C(C)(C)C)O[Si](C)(C)C)(c2ccccc2)c2ccc(OC)cc2)cc1. The van der Waals surface area contributed by atoms with Crippen LogP contribution >= 0.6 is 8.60 Å². The average molecular weight is 765 g/mol. The van der Waals surface area contributed by atoms with E-state index in [-0.39, 0.29) is 13.0 Å². The van der Waals surface area contributed by atoms with Gasteiger partial charge in [-0.25, -0.2) is 4.79 Å². The van der Waals surface area contributed by atoms with E-state index < -0.39 is 63.6 Å². The lowest BCUT2D eigenvalue weighted by atomic mass is 9.80. The number of aryl methyl sites for hydroxylation is 1. The van der Waals surface area contributed by atoms with Gasteiger partial charge in [0, 0.05) is 18.2 Å². The van der Waals surface area contributed by atoms with Crippen molar-refractivity contribution in [2.24, 2.45) is 5.41 Å². The maximum Gasteiger partial charge on any atom is 0.388 e. The van der Waals surface area contributed by atoms with Crippen LogP contribution in [0.5, 0.6) is 11.5 Å². The number of methoxy groups -OCH3 is 2. The van der Waals surface area contributed by atoms with Crippen molar-refractivity contribution in [2.45, 2.75) is 77.8 Å². The Kier molecular flexibility index (Phi) is 12.5. The van der Waals surface area contributed by atoms with Crippen LogP contribution in [0.4, 0.5) is 0 Å². The van der Waals surface area contributed by atoms with Crippen LogP contribution in [0.3, 0.4) is 0 Å². The Hall–Kier alpha value is -4.10. The summed E-state index contributed by atoms with van der Waals surface area (Å²) < 4.78 is 44.8. The summed E-state index contributed by atoms with van der Waals surface area (Å²) in [5.41, 5.74) is -0.263. The van der Waals surface area contributed by atoms with Crippen molar-refractivity contribution in [2.75, 3.05) is 20.8 Å².